The van der Waals surface area contributed by atoms with E-state index in [9.17, 15) is 5.11 Å². The maximum Gasteiger partial charge on any atom is 0.0985 e. The van der Waals surface area contributed by atoms with Crippen LogP contribution in [0.3, 0.4) is 0 Å². The van der Waals surface area contributed by atoms with Gasteiger partial charge in [0.05, 0.1) is 16.8 Å². The third-order valence-electron chi connectivity index (χ3n) is 2.21. The number of hydrogen-bond donors (Lipinski definition) is 1. The average Bonchev–Trinajstić information content (AvgIpc) is 2.29. The molecule has 12 heavy (non-hydrogen) atoms. The SMILES string of the molecule is CN1CC(O)c2cccc(Cl)c21. The van der Waals surface area contributed by atoms with E-state index in [1.165, 1.54) is 0 Å². The van der Waals surface area contributed by atoms with Gasteiger partial charge < -0.3 is 10.0 Å². The Balaban J connectivity index is 2.59. The van der Waals surface area contributed by atoms with Crippen molar-refractivity contribution >= 4 is 17.3 Å². The molecule has 1 heterocycles. The van der Waals surface area contributed by atoms with Crippen molar-refractivity contribution < 1.29 is 5.11 Å². The molecule has 1 aliphatic heterocycles. The molecule has 0 aliphatic carbocycles. The van der Waals surface area contributed by atoms with Gasteiger partial charge >= 0.3 is 0 Å². The summed E-state index contributed by atoms with van der Waals surface area (Å²) in [6.45, 7) is 0.638. The Kier molecular flexibility index (Phi) is 1.74. The summed E-state index contributed by atoms with van der Waals surface area (Å²) in [6.07, 6.45) is -0.385. The fraction of sp³-hybridized carbons (Fsp3) is 0.333. The van der Waals surface area contributed by atoms with Crippen molar-refractivity contribution in [2.75, 3.05) is 18.5 Å². The molecule has 0 fully saturated rings. The predicted molar refractivity (Wildman–Crippen MR) is 49.7 cm³/mol. The van der Waals surface area contributed by atoms with Crippen molar-refractivity contribution in [3.8, 4) is 0 Å². The van der Waals surface area contributed by atoms with Crippen LogP contribution in [-0.2, 0) is 0 Å². The molecule has 2 rings (SSSR count). The maximum absolute atomic E-state index is 9.58. The number of para-hydroxylation sites is 1. The Morgan fingerprint density at radius 2 is 2.33 bits per heavy atom. The topological polar surface area (TPSA) is 23.5 Å². The fourth-order valence-electron chi connectivity index (χ4n) is 1.65. The highest BCUT2D eigenvalue weighted by Gasteiger charge is 2.25. The van der Waals surface area contributed by atoms with Crippen LogP contribution >= 0.6 is 11.6 Å². The number of β-amino-alcohol motifs (C(OH)–C–C–N with tert-alkyl or cyclic N) is 1. The molecule has 1 aromatic rings. The van der Waals surface area contributed by atoms with Crippen molar-refractivity contribution in [1.29, 1.82) is 0 Å². The van der Waals surface area contributed by atoms with Gasteiger partial charge in [-0.25, -0.2) is 0 Å². The standard InChI is InChI=1S/C9H10ClNO/c1-11-5-8(12)6-3-2-4-7(10)9(6)11/h2-4,8,12H,5H2,1H3. The number of aliphatic hydroxyl groups is 1. The molecule has 2 nitrogen and oxygen atoms in total. The van der Waals surface area contributed by atoms with Crippen molar-refractivity contribution in [1.82, 2.24) is 0 Å². The zero-order valence-corrected chi connectivity index (χ0v) is 7.54. The van der Waals surface area contributed by atoms with Crippen LogP contribution in [0.5, 0.6) is 0 Å². The number of nitrogens with zero attached hydrogens (tertiary/aromatic N) is 1. The number of benzene rings is 1. The van der Waals surface area contributed by atoms with Crippen molar-refractivity contribution in [3.05, 3.63) is 28.8 Å². The summed E-state index contributed by atoms with van der Waals surface area (Å²) in [5.74, 6) is 0. The number of halogens is 1. The summed E-state index contributed by atoms with van der Waals surface area (Å²) in [5.41, 5.74) is 1.90. The highest BCUT2D eigenvalue weighted by Crippen LogP contribution is 2.38. The van der Waals surface area contributed by atoms with Crippen LogP contribution in [0.2, 0.25) is 5.02 Å². The van der Waals surface area contributed by atoms with E-state index in [1.807, 2.05) is 30.1 Å². The highest BCUT2D eigenvalue weighted by molar-refractivity contribution is 6.33. The molecule has 0 saturated carbocycles. The van der Waals surface area contributed by atoms with Crippen LogP contribution in [-0.4, -0.2) is 18.7 Å². The first-order valence-electron chi connectivity index (χ1n) is 3.88. The van der Waals surface area contributed by atoms with Gasteiger partial charge in [-0.1, -0.05) is 23.7 Å². The lowest BCUT2D eigenvalue weighted by Gasteiger charge is -2.12. The van der Waals surface area contributed by atoms with Crippen LogP contribution in [0.25, 0.3) is 0 Å². The second-order valence-corrected chi connectivity index (χ2v) is 3.48. The van der Waals surface area contributed by atoms with Crippen LogP contribution < -0.4 is 4.90 Å². The summed E-state index contributed by atoms with van der Waals surface area (Å²) < 4.78 is 0. The van der Waals surface area contributed by atoms with E-state index in [0.717, 1.165) is 11.3 Å². The van der Waals surface area contributed by atoms with Gasteiger partial charge in [0.25, 0.3) is 0 Å². The summed E-state index contributed by atoms with van der Waals surface area (Å²) in [4.78, 5) is 1.97. The maximum atomic E-state index is 9.58. The van der Waals surface area contributed by atoms with Crippen LogP contribution in [0.15, 0.2) is 18.2 Å². The minimum Gasteiger partial charge on any atom is -0.386 e. The van der Waals surface area contributed by atoms with Gasteiger partial charge in [-0.15, -0.1) is 0 Å². The lowest BCUT2D eigenvalue weighted by Crippen LogP contribution is -2.15. The third kappa shape index (κ3) is 0.993. The number of fused-ring (bicyclic) bond motifs is 1. The molecule has 1 aromatic carbocycles. The molecule has 64 valence electrons. The van der Waals surface area contributed by atoms with Crippen molar-refractivity contribution in [2.45, 2.75) is 6.10 Å². The van der Waals surface area contributed by atoms with Crippen LogP contribution in [0.1, 0.15) is 11.7 Å². The van der Waals surface area contributed by atoms with E-state index in [0.29, 0.717) is 11.6 Å². The van der Waals surface area contributed by atoms with Crippen molar-refractivity contribution in [2.24, 2.45) is 0 Å². The third-order valence-corrected chi connectivity index (χ3v) is 2.51. The lowest BCUT2D eigenvalue weighted by atomic mass is 10.1. The Morgan fingerprint density at radius 1 is 1.58 bits per heavy atom. The molecule has 0 saturated heterocycles. The Hall–Kier alpha value is -0.730. The fourth-order valence-corrected chi connectivity index (χ4v) is 1.98. The Bertz CT molecular complexity index is 313. The normalized spacial score (nSPS) is 21.2. The van der Waals surface area contributed by atoms with Crippen LogP contribution in [0.4, 0.5) is 5.69 Å². The number of aliphatic hydroxyl groups excluding tert-OH is 1. The van der Waals surface area contributed by atoms with E-state index < -0.39 is 0 Å². The van der Waals surface area contributed by atoms with E-state index in [4.69, 9.17) is 11.6 Å². The van der Waals surface area contributed by atoms with E-state index in [-0.39, 0.29) is 6.10 Å². The molecular weight excluding hydrogens is 174 g/mol. The average molecular weight is 184 g/mol. The first-order chi connectivity index (χ1) is 5.70. The predicted octanol–water partition coefficient (Wildman–Crippen LogP) is 1.82. The van der Waals surface area contributed by atoms with Gasteiger partial charge in [0.2, 0.25) is 0 Å². The van der Waals surface area contributed by atoms with Gasteiger partial charge in [-0.05, 0) is 6.07 Å². The van der Waals surface area contributed by atoms with Gasteiger partial charge in [0.15, 0.2) is 0 Å². The van der Waals surface area contributed by atoms with Gasteiger partial charge in [0, 0.05) is 19.2 Å². The van der Waals surface area contributed by atoms with Gasteiger partial charge in [-0.2, -0.15) is 0 Å². The molecule has 0 radical (unpaired) electrons. The smallest absolute Gasteiger partial charge is 0.0985 e. The van der Waals surface area contributed by atoms with E-state index >= 15 is 0 Å². The molecule has 0 spiro atoms. The Morgan fingerprint density at radius 3 is 3.00 bits per heavy atom. The molecule has 3 heteroatoms. The summed E-state index contributed by atoms with van der Waals surface area (Å²) >= 11 is 5.98. The molecule has 1 aliphatic rings. The first-order valence-corrected chi connectivity index (χ1v) is 4.25. The summed E-state index contributed by atoms with van der Waals surface area (Å²) in [5, 5.41) is 10.3. The largest absolute Gasteiger partial charge is 0.386 e. The molecule has 1 unspecified atom stereocenters. The lowest BCUT2D eigenvalue weighted by molar-refractivity contribution is 0.195. The zero-order valence-electron chi connectivity index (χ0n) is 6.79. The minimum atomic E-state index is -0.385. The number of likely N-dealkylation sites (N-methyl/N-ethyl adjacent to an activating group) is 1. The number of anilines is 1. The summed E-state index contributed by atoms with van der Waals surface area (Å²) in [6, 6.07) is 5.62. The number of hydrogen-bond acceptors (Lipinski definition) is 2. The molecule has 0 aromatic heterocycles. The highest BCUT2D eigenvalue weighted by atomic mass is 35.5. The molecular formula is C9H10ClNO. The van der Waals surface area contributed by atoms with Gasteiger partial charge in [0.1, 0.15) is 0 Å². The van der Waals surface area contributed by atoms with Crippen molar-refractivity contribution in [3.63, 3.8) is 0 Å². The molecule has 0 bridgehead atoms. The Labute approximate surface area is 76.4 Å². The number of rotatable bonds is 0. The summed E-state index contributed by atoms with van der Waals surface area (Å²) in [7, 11) is 1.93. The molecule has 1 atom stereocenters. The van der Waals surface area contributed by atoms with E-state index in [1.54, 1.807) is 0 Å². The molecule has 0 amide bonds. The zero-order chi connectivity index (χ0) is 8.72. The monoisotopic (exact) mass is 183 g/mol. The van der Waals surface area contributed by atoms with E-state index in [2.05, 4.69) is 0 Å². The quantitative estimate of drug-likeness (QED) is 0.664. The second kappa shape index (κ2) is 2.64. The second-order valence-electron chi connectivity index (χ2n) is 3.07. The van der Waals surface area contributed by atoms with Crippen LogP contribution in [0, 0.1) is 0 Å². The molecule has 1 N–H and O–H groups in total. The van der Waals surface area contributed by atoms with Gasteiger partial charge in [-0.3, -0.25) is 0 Å². The first kappa shape index (κ1) is 7.90. The minimum absolute atomic E-state index is 0.385.